The maximum Gasteiger partial charge on any atom is 0.129 e. The maximum atomic E-state index is 14.0. The van der Waals surface area contributed by atoms with Crippen LogP contribution in [0.3, 0.4) is 0 Å². The lowest BCUT2D eigenvalue weighted by molar-refractivity contribution is 0.138. The highest BCUT2D eigenvalue weighted by atomic mass is 19.1. The molecular weight excluding hydrogens is 418 g/mol. The van der Waals surface area contributed by atoms with Gasteiger partial charge in [-0.15, -0.1) is 0 Å². The topological polar surface area (TPSA) is 25.4 Å². The normalized spacial score (nSPS) is 19.8. The van der Waals surface area contributed by atoms with Gasteiger partial charge in [0, 0.05) is 49.3 Å². The molecule has 5 heteroatoms. The van der Waals surface area contributed by atoms with Crippen LogP contribution in [-0.2, 0) is 19.4 Å². The molecule has 0 aliphatic carbocycles. The molecule has 0 spiro atoms. The van der Waals surface area contributed by atoms with Crippen LogP contribution in [0, 0.1) is 11.6 Å². The van der Waals surface area contributed by atoms with Crippen LogP contribution in [0.15, 0.2) is 54.7 Å². The molecule has 0 bridgehead atoms. The molecule has 0 saturated carbocycles. The Kier molecular flexibility index (Phi) is 5.92. The van der Waals surface area contributed by atoms with Crippen LogP contribution in [0.2, 0.25) is 0 Å². The van der Waals surface area contributed by atoms with Gasteiger partial charge in [-0.2, -0.15) is 0 Å². The predicted octanol–water partition coefficient (Wildman–Crippen LogP) is 6.04. The molecule has 0 N–H and O–H groups in total. The number of halogens is 2. The quantitative estimate of drug-likeness (QED) is 0.476. The highest BCUT2D eigenvalue weighted by molar-refractivity contribution is 5.42. The third kappa shape index (κ3) is 4.93. The van der Waals surface area contributed by atoms with Crippen molar-refractivity contribution in [1.29, 1.82) is 0 Å². The second kappa shape index (κ2) is 8.86. The minimum atomic E-state index is -0.510. The highest BCUT2D eigenvalue weighted by Gasteiger charge is 2.30. The third-order valence-electron chi connectivity index (χ3n) is 6.75. The van der Waals surface area contributed by atoms with Crippen molar-refractivity contribution in [2.45, 2.75) is 57.6 Å². The van der Waals surface area contributed by atoms with Gasteiger partial charge in [0.05, 0.1) is 0 Å². The Balaban J connectivity index is 1.23. The number of ether oxygens (including phenoxy) is 1. The van der Waals surface area contributed by atoms with E-state index in [0.29, 0.717) is 5.92 Å². The van der Waals surface area contributed by atoms with E-state index in [9.17, 15) is 8.78 Å². The lowest BCUT2D eigenvalue weighted by Gasteiger charge is -2.32. The summed E-state index contributed by atoms with van der Waals surface area (Å²) in [5.74, 6) is 0.363. The van der Waals surface area contributed by atoms with Gasteiger partial charge in [-0.05, 0) is 74.2 Å². The number of nitrogens with zero attached hydrogens (tertiary/aromatic N) is 2. The summed E-state index contributed by atoms with van der Waals surface area (Å²) in [6.07, 6.45) is 5.17. The fraction of sp³-hybridized carbons (Fsp3) is 0.393. The summed E-state index contributed by atoms with van der Waals surface area (Å²) in [6.45, 7) is 7.24. The number of hydrogen-bond acceptors (Lipinski definition) is 3. The zero-order valence-electron chi connectivity index (χ0n) is 19.3. The Morgan fingerprint density at radius 1 is 1.06 bits per heavy atom. The molecule has 1 atom stereocenters. The lowest BCUT2D eigenvalue weighted by atomic mass is 9.93. The van der Waals surface area contributed by atoms with Gasteiger partial charge in [-0.1, -0.05) is 24.3 Å². The molecule has 2 aromatic carbocycles. The van der Waals surface area contributed by atoms with Crippen LogP contribution in [0.5, 0.6) is 5.75 Å². The first-order valence-electron chi connectivity index (χ1n) is 11.8. The molecule has 2 aliphatic heterocycles. The minimum absolute atomic E-state index is 0.0963. The van der Waals surface area contributed by atoms with E-state index >= 15 is 0 Å². The van der Waals surface area contributed by atoms with Crippen LogP contribution < -0.4 is 4.74 Å². The number of likely N-dealkylation sites (tertiary alicyclic amines) is 1. The van der Waals surface area contributed by atoms with Crippen molar-refractivity contribution < 1.29 is 13.5 Å². The second-order valence-electron chi connectivity index (χ2n) is 10.0. The molecule has 33 heavy (non-hydrogen) atoms. The predicted molar refractivity (Wildman–Crippen MR) is 126 cm³/mol. The van der Waals surface area contributed by atoms with Gasteiger partial charge >= 0.3 is 0 Å². The summed E-state index contributed by atoms with van der Waals surface area (Å²) >= 11 is 0. The van der Waals surface area contributed by atoms with Gasteiger partial charge < -0.3 is 4.74 Å². The molecule has 5 rings (SSSR count). The third-order valence-corrected chi connectivity index (χ3v) is 6.75. The zero-order chi connectivity index (χ0) is 23.0. The summed E-state index contributed by atoms with van der Waals surface area (Å²) in [4.78, 5) is 7.18. The summed E-state index contributed by atoms with van der Waals surface area (Å²) in [6, 6.07) is 14.5. The van der Waals surface area contributed by atoms with E-state index < -0.39 is 11.6 Å². The van der Waals surface area contributed by atoms with Crippen molar-refractivity contribution in [1.82, 2.24) is 9.88 Å². The SMILES string of the molecule is CC1(C)Cc2cc(CN3CCC[C@H](c4ccc(Cc5c(F)cccc5F)cn4)C3)ccc2O1. The van der Waals surface area contributed by atoms with Gasteiger partial charge in [-0.3, -0.25) is 9.88 Å². The molecule has 172 valence electrons. The molecule has 2 aliphatic rings. The number of rotatable bonds is 5. The molecule has 0 unspecified atom stereocenters. The molecular formula is C28H30F2N2O. The first kappa shape index (κ1) is 22.0. The summed E-state index contributed by atoms with van der Waals surface area (Å²) in [5, 5.41) is 0. The molecule has 0 amide bonds. The molecule has 3 heterocycles. The van der Waals surface area contributed by atoms with Crippen molar-refractivity contribution in [3.63, 3.8) is 0 Å². The average molecular weight is 449 g/mol. The first-order valence-corrected chi connectivity index (χ1v) is 11.8. The van der Waals surface area contributed by atoms with E-state index in [1.54, 1.807) is 6.20 Å². The van der Waals surface area contributed by atoms with Gasteiger partial charge in [0.25, 0.3) is 0 Å². The lowest BCUT2D eigenvalue weighted by Crippen LogP contribution is -2.34. The van der Waals surface area contributed by atoms with Crippen LogP contribution in [0.4, 0.5) is 8.78 Å². The molecule has 1 aromatic heterocycles. The van der Waals surface area contributed by atoms with E-state index in [0.717, 1.165) is 55.9 Å². The van der Waals surface area contributed by atoms with Gasteiger partial charge in [0.1, 0.15) is 23.0 Å². The molecule has 0 radical (unpaired) electrons. The molecule has 1 saturated heterocycles. The number of fused-ring (bicyclic) bond motifs is 1. The number of pyridine rings is 1. The van der Waals surface area contributed by atoms with Crippen LogP contribution in [0.1, 0.15) is 60.6 Å². The van der Waals surface area contributed by atoms with E-state index in [2.05, 4.69) is 41.9 Å². The molecule has 3 aromatic rings. The fourth-order valence-corrected chi connectivity index (χ4v) is 5.15. The van der Waals surface area contributed by atoms with E-state index in [1.807, 2.05) is 12.1 Å². The van der Waals surface area contributed by atoms with Gasteiger partial charge in [-0.25, -0.2) is 8.78 Å². The highest BCUT2D eigenvalue weighted by Crippen LogP contribution is 2.36. The number of piperidine rings is 1. The van der Waals surface area contributed by atoms with Crippen molar-refractivity contribution in [2.75, 3.05) is 13.1 Å². The Morgan fingerprint density at radius 3 is 2.61 bits per heavy atom. The van der Waals surface area contributed by atoms with Crippen molar-refractivity contribution in [3.05, 3.63) is 94.3 Å². The molecule has 1 fully saturated rings. The summed E-state index contributed by atoms with van der Waals surface area (Å²) in [5.41, 5.74) is 4.48. The largest absolute Gasteiger partial charge is 0.487 e. The van der Waals surface area contributed by atoms with Crippen LogP contribution in [-0.4, -0.2) is 28.6 Å². The smallest absolute Gasteiger partial charge is 0.129 e. The van der Waals surface area contributed by atoms with Crippen LogP contribution >= 0.6 is 0 Å². The molecule has 3 nitrogen and oxygen atoms in total. The standard InChI is InChI=1S/C28H30F2N2O/c1-28(2)15-22-13-20(9-11-27(22)33-28)17-32-12-4-5-21(18-32)26-10-8-19(16-31-26)14-23-24(29)6-3-7-25(23)30/h3,6-11,13,16,21H,4-5,12,14-15,17-18H2,1-2H3/t21-/m0/s1. The number of hydrogen-bond donors (Lipinski definition) is 0. The van der Waals surface area contributed by atoms with E-state index in [4.69, 9.17) is 4.74 Å². The van der Waals surface area contributed by atoms with E-state index in [-0.39, 0.29) is 17.6 Å². The van der Waals surface area contributed by atoms with E-state index in [1.165, 1.54) is 29.3 Å². The van der Waals surface area contributed by atoms with Crippen molar-refractivity contribution in [2.24, 2.45) is 0 Å². The minimum Gasteiger partial charge on any atom is -0.487 e. The number of benzene rings is 2. The Hall–Kier alpha value is -2.79. The average Bonchev–Trinajstić information content (AvgIpc) is 3.10. The second-order valence-corrected chi connectivity index (χ2v) is 10.0. The van der Waals surface area contributed by atoms with Gasteiger partial charge in [0.15, 0.2) is 0 Å². The fourth-order valence-electron chi connectivity index (χ4n) is 5.15. The first-order chi connectivity index (χ1) is 15.9. The van der Waals surface area contributed by atoms with Crippen LogP contribution in [0.25, 0.3) is 0 Å². The monoisotopic (exact) mass is 448 g/mol. The zero-order valence-corrected chi connectivity index (χ0v) is 19.3. The van der Waals surface area contributed by atoms with Gasteiger partial charge in [0.2, 0.25) is 0 Å². The Bertz CT molecular complexity index is 1120. The van der Waals surface area contributed by atoms with Crippen molar-refractivity contribution in [3.8, 4) is 5.75 Å². The summed E-state index contributed by atoms with van der Waals surface area (Å²) < 4.78 is 33.9. The Morgan fingerprint density at radius 2 is 1.85 bits per heavy atom. The Labute approximate surface area is 194 Å². The number of aromatic nitrogens is 1. The van der Waals surface area contributed by atoms with Crippen molar-refractivity contribution >= 4 is 0 Å². The summed E-state index contributed by atoms with van der Waals surface area (Å²) in [7, 11) is 0. The maximum absolute atomic E-state index is 14.0.